The standard InChI is InChI=1S/C16H25NO2/c1-6-12(2)14(13-10-8-7-9-11-13)17-15(18)19-16(3,4)5/h7-12,14H,6H2,1-5H3,(H,17,18)/t12-,14-/m0/s1. The van der Waals surface area contributed by atoms with Crippen molar-refractivity contribution in [3.05, 3.63) is 35.9 Å². The molecule has 0 heterocycles. The fourth-order valence-electron chi connectivity index (χ4n) is 1.88. The lowest BCUT2D eigenvalue weighted by molar-refractivity contribution is 0.0486. The van der Waals surface area contributed by atoms with E-state index in [0.29, 0.717) is 5.92 Å². The van der Waals surface area contributed by atoms with Gasteiger partial charge in [-0.3, -0.25) is 0 Å². The number of carbonyl (C=O) groups excluding carboxylic acids is 1. The van der Waals surface area contributed by atoms with E-state index in [2.05, 4.69) is 19.2 Å². The third-order valence-electron chi connectivity index (χ3n) is 3.04. The molecule has 0 aliphatic rings. The summed E-state index contributed by atoms with van der Waals surface area (Å²) in [7, 11) is 0. The molecule has 0 aliphatic heterocycles. The lowest BCUT2D eigenvalue weighted by Crippen LogP contribution is -2.37. The zero-order chi connectivity index (χ0) is 14.5. The van der Waals surface area contributed by atoms with Crippen molar-refractivity contribution in [3.8, 4) is 0 Å². The fourth-order valence-corrected chi connectivity index (χ4v) is 1.88. The smallest absolute Gasteiger partial charge is 0.408 e. The summed E-state index contributed by atoms with van der Waals surface area (Å²) in [5.74, 6) is 0.356. The highest BCUT2D eigenvalue weighted by Gasteiger charge is 2.23. The summed E-state index contributed by atoms with van der Waals surface area (Å²) in [5, 5.41) is 2.98. The Labute approximate surface area is 116 Å². The van der Waals surface area contributed by atoms with Crippen molar-refractivity contribution in [1.82, 2.24) is 5.32 Å². The Bertz CT molecular complexity index is 395. The highest BCUT2D eigenvalue weighted by Crippen LogP contribution is 2.24. The summed E-state index contributed by atoms with van der Waals surface area (Å²) in [6.45, 7) is 9.86. The number of rotatable bonds is 4. The number of alkyl carbamates (subject to hydrolysis) is 1. The van der Waals surface area contributed by atoms with Crippen LogP contribution in [-0.2, 0) is 4.74 Å². The minimum atomic E-state index is -0.471. The van der Waals surface area contributed by atoms with Crippen LogP contribution >= 0.6 is 0 Å². The molecule has 0 radical (unpaired) electrons. The van der Waals surface area contributed by atoms with E-state index in [4.69, 9.17) is 4.74 Å². The molecular weight excluding hydrogens is 238 g/mol. The first-order chi connectivity index (χ1) is 8.83. The number of carbonyl (C=O) groups is 1. The van der Waals surface area contributed by atoms with Crippen LogP contribution in [0.2, 0.25) is 0 Å². The van der Waals surface area contributed by atoms with Crippen molar-refractivity contribution in [2.24, 2.45) is 5.92 Å². The zero-order valence-electron chi connectivity index (χ0n) is 12.6. The summed E-state index contributed by atoms with van der Waals surface area (Å²) in [6, 6.07) is 10.0. The molecule has 0 saturated carbocycles. The molecule has 3 nitrogen and oxygen atoms in total. The van der Waals surface area contributed by atoms with E-state index in [9.17, 15) is 4.79 Å². The Morgan fingerprint density at radius 2 is 1.84 bits per heavy atom. The van der Waals surface area contributed by atoms with Crippen LogP contribution < -0.4 is 5.32 Å². The van der Waals surface area contributed by atoms with Crippen molar-refractivity contribution in [2.75, 3.05) is 0 Å². The van der Waals surface area contributed by atoms with E-state index in [-0.39, 0.29) is 12.1 Å². The van der Waals surface area contributed by atoms with Crippen LogP contribution in [0.15, 0.2) is 30.3 Å². The minimum absolute atomic E-state index is 0.0129. The molecule has 1 aromatic carbocycles. The lowest BCUT2D eigenvalue weighted by Gasteiger charge is -2.27. The van der Waals surface area contributed by atoms with E-state index in [1.807, 2.05) is 51.1 Å². The first kappa shape index (κ1) is 15.5. The molecule has 1 N–H and O–H groups in total. The topological polar surface area (TPSA) is 38.3 Å². The largest absolute Gasteiger partial charge is 0.444 e. The molecule has 0 fully saturated rings. The van der Waals surface area contributed by atoms with Crippen molar-refractivity contribution >= 4 is 6.09 Å². The number of ether oxygens (including phenoxy) is 1. The van der Waals surface area contributed by atoms with E-state index in [0.717, 1.165) is 12.0 Å². The molecular formula is C16H25NO2. The van der Waals surface area contributed by atoms with Crippen LogP contribution in [0.4, 0.5) is 4.79 Å². The van der Waals surface area contributed by atoms with Crippen molar-refractivity contribution in [3.63, 3.8) is 0 Å². The van der Waals surface area contributed by atoms with Crippen LogP contribution in [-0.4, -0.2) is 11.7 Å². The van der Waals surface area contributed by atoms with Crippen LogP contribution in [0, 0.1) is 5.92 Å². The Morgan fingerprint density at radius 1 is 1.26 bits per heavy atom. The van der Waals surface area contributed by atoms with Gasteiger partial charge in [0.05, 0.1) is 6.04 Å². The van der Waals surface area contributed by atoms with Crippen LogP contribution in [0.25, 0.3) is 0 Å². The molecule has 0 unspecified atom stereocenters. The van der Waals surface area contributed by atoms with Gasteiger partial charge in [0.15, 0.2) is 0 Å². The van der Waals surface area contributed by atoms with E-state index in [1.165, 1.54) is 0 Å². The van der Waals surface area contributed by atoms with E-state index < -0.39 is 5.60 Å². The van der Waals surface area contributed by atoms with E-state index in [1.54, 1.807) is 0 Å². The molecule has 1 rings (SSSR count). The van der Waals surface area contributed by atoms with Crippen LogP contribution in [0.5, 0.6) is 0 Å². The van der Waals surface area contributed by atoms with Gasteiger partial charge in [-0.1, -0.05) is 50.6 Å². The predicted molar refractivity (Wildman–Crippen MR) is 78.0 cm³/mol. The Morgan fingerprint density at radius 3 is 2.32 bits per heavy atom. The number of amides is 1. The first-order valence-electron chi connectivity index (χ1n) is 6.88. The van der Waals surface area contributed by atoms with Gasteiger partial charge in [-0.15, -0.1) is 0 Å². The molecule has 1 amide bonds. The molecule has 2 atom stereocenters. The molecule has 106 valence electrons. The van der Waals surface area contributed by atoms with Gasteiger partial charge in [0.25, 0.3) is 0 Å². The molecule has 0 bridgehead atoms. The van der Waals surface area contributed by atoms with Gasteiger partial charge in [0, 0.05) is 0 Å². The summed E-state index contributed by atoms with van der Waals surface area (Å²) in [6.07, 6.45) is 0.636. The number of nitrogens with one attached hydrogen (secondary N) is 1. The van der Waals surface area contributed by atoms with Crippen molar-refractivity contribution in [1.29, 1.82) is 0 Å². The second-order valence-electron chi connectivity index (χ2n) is 5.92. The van der Waals surface area contributed by atoms with Gasteiger partial charge < -0.3 is 10.1 Å². The summed E-state index contributed by atoms with van der Waals surface area (Å²) < 4.78 is 5.33. The quantitative estimate of drug-likeness (QED) is 0.879. The number of hydrogen-bond donors (Lipinski definition) is 1. The van der Waals surface area contributed by atoms with Gasteiger partial charge in [-0.25, -0.2) is 4.79 Å². The van der Waals surface area contributed by atoms with E-state index >= 15 is 0 Å². The first-order valence-corrected chi connectivity index (χ1v) is 6.88. The highest BCUT2D eigenvalue weighted by molar-refractivity contribution is 5.68. The molecule has 0 spiro atoms. The average molecular weight is 263 g/mol. The van der Waals surface area contributed by atoms with Crippen molar-refractivity contribution < 1.29 is 9.53 Å². The molecule has 19 heavy (non-hydrogen) atoms. The number of benzene rings is 1. The summed E-state index contributed by atoms with van der Waals surface area (Å²) in [5.41, 5.74) is 0.642. The highest BCUT2D eigenvalue weighted by atomic mass is 16.6. The van der Waals surface area contributed by atoms with Crippen LogP contribution in [0.3, 0.4) is 0 Å². The molecule has 1 aromatic rings. The molecule has 0 saturated heterocycles. The SMILES string of the molecule is CC[C@H](C)[C@H](NC(=O)OC(C)(C)C)c1ccccc1. The maximum atomic E-state index is 11.9. The van der Waals surface area contributed by atoms with Gasteiger partial charge in [-0.05, 0) is 32.3 Å². The minimum Gasteiger partial charge on any atom is -0.444 e. The maximum absolute atomic E-state index is 11.9. The fraction of sp³-hybridized carbons (Fsp3) is 0.562. The number of hydrogen-bond acceptors (Lipinski definition) is 2. The summed E-state index contributed by atoms with van der Waals surface area (Å²) in [4.78, 5) is 11.9. The lowest BCUT2D eigenvalue weighted by atomic mass is 9.93. The molecule has 0 aliphatic carbocycles. The molecule has 3 heteroatoms. The third kappa shape index (κ3) is 5.33. The second-order valence-corrected chi connectivity index (χ2v) is 5.92. The zero-order valence-corrected chi connectivity index (χ0v) is 12.6. The van der Waals surface area contributed by atoms with Crippen molar-refractivity contribution in [2.45, 2.75) is 52.7 Å². The predicted octanol–water partition coefficient (Wildman–Crippen LogP) is 4.30. The third-order valence-corrected chi connectivity index (χ3v) is 3.04. The monoisotopic (exact) mass is 263 g/mol. The van der Waals surface area contributed by atoms with Crippen LogP contribution in [0.1, 0.15) is 52.6 Å². The summed E-state index contributed by atoms with van der Waals surface area (Å²) >= 11 is 0. The maximum Gasteiger partial charge on any atom is 0.408 e. The van der Waals surface area contributed by atoms with Gasteiger partial charge in [0.1, 0.15) is 5.60 Å². The normalized spacial score (nSPS) is 14.6. The Hall–Kier alpha value is -1.51. The van der Waals surface area contributed by atoms with Gasteiger partial charge in [0.2, 0.25) is 0 Å². The molecule has 0 aromatic heterocycles. The second kappa shape index (κ2) is 6.60. The van der Waals surface area contributed by atoms with Gasteiger partial charge in [-0.2, -0.15) is 0 Å². The van der Waals surface area contributed by atoms with Gasteiger partial charge >= 0.3 is 6.09 Å². The Balaban J connectivity index is 2.80. The average Bonchev–Trinajstić information content (AvgIpc) is 2.34. The Kier molecular flexibility index (Phi) is 5.40.